The summed E-state index contributed by atoms with van der Waals surface area (Å²) in [6, 6.07) is 3.57. The zero-order chi connectivity index (χ0) is 13.2. The van der Waals surface area contributed by atoms with Gasteiger partial charge >= 0.3 is 0 Å². The summed E-state index contributed by atoms with van der Waals surface area (Å²) in [5.74, 6) is 0.583. The van der Waals surface area contributed by atoms with Crippen LogP contribution in [0.3, 0.4) is 0 Å². The van der Waals surface area contributed by atoms with Crippen LogP contribution >= 0.6 is 0 Å². The number of hydrogen-bond donors (Lipinski definition) is 2. The molecule has 102 valence electrons. The zero-order valence-electron chi connectivity index (χ0n) is 10.4. The summed E-state index contributed by atoms with van der Waals surface area (Å²) in [6.45, 7) is 2.53. The molecule has 1 aliphatic heterocycles. The van der Waals surface area contributed by atoms with E-state index >= 15 is 0 Å². The fraction of sp³-hybridized carbons (Fsp3) is 0.636. The van der Waals surface area contributed by atoms with Gasteiger partial charge in [0.15, 0.2) is 0 Å². The molecular formula is C11H19N3O3S. The lowest BCUT2D eigenvalue weighted by molar-refractivity contribution is 0.295. The van der Waals surface area contributed by atoms with Gasteiger partial charge in [0.1, 0.15) is 5.76 Å². The lowest BCUT2D eigenvalue weighted by Crippen LogP contribution is -2.35. The van der Waals surface area contributed by atoms with Crippen LogP contribution in [0.5, 0.6) is 0 Å². The SMILES string of the molecule is CN1CCCC1CNCc1ccc(S(N)(=O)=O)o1. The minimum Gasteiger partial charge on any atom is -0.447 e. The Morgan fingerprint density at radius 3 is 2.89 bits per heavy atom. The number of likely N-dealkylation sites (N-methyl/N-ethyl adjacent to an activating group) is 1. The molecule has 1 fully saturated rings. The molecule has 0 saturated carbocycles. The van der Waals surface area contributed by atoms with Crippen LogP contribution in [0.1, 0.15) is 18.6 Å². The van der Waals surface area contributed by atoms with Crippen LogP contribution in [0.4, 0.5) is 0 Å². The second kappa shape index (κ2) is 5.40. The Hall–Kier alpha value is -0.890. The van der Waals surface area contributed by atoms with Crippen LogP contribution in [0, 0.1) is 0 Å². The fourth-order valence-corrected chi connectivity index (χ4v) is 2.69. The van der Waals surface area contributed by atoms with Gasteiger partial charge in [-0.3, -0.25) is 0 Å². The average Bonchev–Trinajstić information content (AvgIpc) is 2.88. The topological polar surface area (TPSA) is 88.6 Å². The molecule has 2 heterocycles. The number of likely N-dealkylation sites (tertiary alicyclic amines) is 1. The van der Waals surface area contributed by atoms with Crippen molar-refractivity contribution in [2.75, 3.05) is 20.1 Å². The van der Waals surface area contributed by atoms with E-state index in [2.05, 4.69) is 17.3 Å². The van der Waals surface area contributed by atoms with E-state index < -0.39 is 10.0 Å². The molecule has 1 aromatic heterocycles. The number of nitrogens with two attached hydrogens (primary N) is 1. The number of primary sulfonamides is 1. The Kier molecular flexibility index (Phi) is 4.06. The maximum atomic E-state index is 11.0. The van der Waals surface area contributed by atoms with E-state index in [1.165, 1.54) is 18.9 Å². The van der Waals surface area contributed by atoms with E-state index in [1.54, 1.807) is 6.07 Å². The maximum absolute atomic E-state index is 11.0. The van der Waals surface area contributed by atoms with Gasteiger partial charge in [-0.25, -0.2) is 13.6 Å². The summed E-state index contributed by atoms with van der Waals surface area (Å²) in [7, 11) is -1.62. The zero-order valence-corrected chi connectivity index (χ0v) is 11.2. The molecule has 1 atom stereocenters. The van der Waals surface area contributed by atoms with E-state index in [9.17, 15) is 8.42 Å². The van der Waals surface area contributed by atoms with Gasteiger partial charge in [-0.1, -0.05) is 0 Å². The highest BCUT2D eigenvalue weighted by atomic mass is 32.2. The number of nitrogens with one attached hydrogen (secondary N) is 1. The third-order valence-electron chi connectivity index (χ3n) is 3.27. The van der Waals surface area contributed by atoms with Crippen molar-refractivity contribution in [3.63, 3.8) is 0 Å². The van der Waals surface area contributed by atoms with Gasteiger partial charge in [0, 0.05) is 12.6 Å². The molecule has 1 saturated heterocycles. The molecule has 0 bridgehead atoms. The number of furan rings is 1. The highest BCUT2D eigenvalue weighted by molar-refractivity contribution is 7.89. The monoisotopic (exact) mass is 273 g/mol. The molecule has 1 aromatic rings. The second-order valence-corrected chi connectivity index (χ2v) is 6.17. The predicted molar refractivity (Wildman–Crippen MR) is 67.4 cm³/mol. The Labute approximate surface area is 107 Å². The van der Waals surface area contributed by atoms with Crippen molar-refractivity contribution < 1.29 is 12.8 Å². The van der Waals surface area contributed by atoms with Gasteiger partial charge in [0.2, 0.25) is 5.09 Å². The highest BCUT2D eigenvalue weighted by Crippen LogP contribution is 2.14. The van der Waals surface area contributed by atoms with Crippen LogP contribution in [-0.2, 0) is 16.6 Å². The van der Waals surface area contributed by atoms with Crippen molar-refractivity contribution in [1.82, 2.24) is 10.2 Å². The molecular weight excluding hydrogens is 254 g/mol. The molecule has 0 aliphatic carbocycles. The number of nitrogens with zero attached hydrogens (tertiary/aromatic N) is 1. The standard InChI is InChI=1S/C11H19N3O3S/c1-14-6-2-3-9(14)7-13-8-10-4-5-11(17-10)18(12,15)16/h4-5,9,13H,2-3,6-8H2,1H3,(H2,12,15,16). The fourth-order valence-electron chi connectivity index (χ4n) is 2.21. The van der Waals surface area contributed by atoms with Gasteiger partial charge in [0.25, 0.3) is 10.0 Å². The molecule has 6 nitrogen and oxygen atoms in total. The molecule has 0 radical (unpaired) electrons. The molecule has 1 unspecified atom stereocenters. The van der Waals surface area contributed by atoms with Crippen LogP contribution in [0.2, 0.25) is 0 Å². The van der Waals surface area contributed by atoms with Crippen molar-refractivity contribution in [2.24, 2.45) is 5.14 Å². The first kappa shape index (κ1) is 13.5. The quantitative estimate of drug-likeness (QED) is 0.795. The van der Waals surface area contributed by atoms with Crippen molar-refractivity contribution in [3.8, 4) is 0 Å². The predicted octanol–water partition coefficient (Wildman–Crippen LogP) is 0.111. The summed E-state index contributed by atoms with van der Waals surface area (Å²) in [5, 5.41) is 8.05. The van der Waals surface area contributed by atoms with Crippen LogP contribution in [-0.4, -0.2) is 39.5 Å². The van der Waals surface area contributed by atoms with Crippen molar-refractivity contribution in [1.29, 1.82) is 0 Å². The van der Waals surface area contributed by atoms with E-state index in [4.69, 9.17) is 9.56 Å². The van der Waals surface area contributed by atoms with Gasteiger partial charge in [0.05, 0.1) is 6.54 Å². The Morgan fingerprint density at radius 2 is 2.33 bits per heavy atom. The minimum atomic E-state index is -3.73. The third kappa shape index (κ3) is 3.32. The molecule has 0 aromatic carbocycles. The van der Waals surface area contributed by atoms with E-state index in [1.807, 2.05) is 0 Å². The van der Waals surface area contributed by atoms with Crippen molar-refractivity contribution >= 4 is 10.0 Å². The second-order valence-electron chi connectivity index (χ2n) is 4.67. The molecule has 0 amide bonds. The lowest BCUT2D eigenvalue weighted by Gasteiger charge is -2.19. The maximum Gasteiger partial charge on any atom is 0.271 e. The van der Waals surface area contributed by atoms with Gasteiger partial charge in [-0.2, -0.15) is 0 Å². The van der Waals surface area contributed by atoms with Gasteiger partial charge < -0.3 is 14.6 Å². The van der Waals surface area contributed by atoms with Gasteiger partial charge in [-0.05, 0) is 38.6 Å². The highest BCUT2D eigenvalue weighted by Gasteiger charge is 2.20. The van der Waals surface area contributed by atoms with E-state index in [0.717, 1.165) is 13.1 Å². The Balaban J connectivity index is 1.82. The molecule has 3 N–H and O–H groups in total. The average molecular weight is 273 g/mol. The molecule has 0 spiro atoms. The van der Waals surface area contributed by atoms with E-state index in [0.29, 0.717) is 18.3 Å². The first-order valence-electron chi connectivity index (χ1n) is 5.99. The summed E-state index contributed by atoms with van der Waals surface area (Å²) in [6.07, 6.45) is 2.43. The number of hydrogen-bond acceptors (Lipinski definition) is 5. The summed E-state index contributed by atoms with van der Waals surface area (Å²) in [4.78, 5) is 2.32. The minimum absolute atomic E-state index is 0.183. The normalized spacial score (nSPS) is 21.6. The first-order chi connectivity index (χ1) is 8.47. The lowest BCUT2D eigenvalue weighted by atomic mass is 10.2. The summed E-state index contributed by atoms with van der Waals surface area (Å²) < 4.78 is 27.2. The number of sulfonamides is 1. The molecule has 18 heavy (non-hydrogen) atoms. The van der Waals surface area contributed by atoms with E-state index in [-0.39, 0.29) is 5.09 Å². The van der Waals surface area contributed by atoms with Crippen molar-refractivity contribution in [2.45, 2.75) is 30.5 Å². The Morgan fingerprint density at radius 1 is 1.56 bits per heavy atom. The Bertz CT molecular complexity index is 497. The largest absolute Gasteiger partial charge is 0.447 e. The van der Waals surface area contributed by atoms with Crippen LogP contribution in [0.15, 0.2) is 21.6 Å². The van der Waals surface area contributed by atoms with Crippen LogP contribution in [0.25, 0.3) is 0 Å². The smallest absolute Gasteiger partial charge is 0.271 e. The van der Waals surface area contributed by atoms with Crippen molar-refractivity contribution in [3.05, 3.63) is 17.9 Å². The van der Waals surface area contributed by atoms with Crippen LogP contribution < -0.4 is 10.5 Å². The number of rotatable bonds is 5. The third-order valence-corrected chi connectivity index (χ3v) is 4.05. The molecule has 2 rings (SSSR count). The summed E-state index contributed by atoms with van der Waals surface area (Å²) >= 11 is 0. The van der Waals surface area contributed by atoms with Gasteiger partial charge in [-0.15, -0.1) is 0 Å². The molecule has 1 aliphatic rings. The first-order valence-corrected chi connectivity index (χ1v) is 7.54. The summed E-state index contributed by atoms with van der Waals surface area (Å²) in [5.41, 5.74) is 0. The molecule has 7 heteroatoms.